The predicted molar refractivity (Wildman–Crippen MR) is 52.5 cm³/mol. The smallest absolute Gasteiger partial charge is 0.142 e. The summed E-state index contributed by atoms with van der Waals surface area (Å²) in [6, 6.07) is 0. The number of aromatic nitrogens is 3. The second-order valence-corrected chi connectivity index (χ2v) is 3.15. The van der Waals surface area contributed by atoms with Gasteiger partial charge in [-0.2, -0.15) is 8.75 Å². The highest BCUT2D eigenvalue weighted by Gasteiger charge is 2.06. The van der Waals surface area contributed by atoms with Crippen molar-refractivity contribution in [3.8, 4) is 11.8 Å². The molecule has 3 nitrogen and oxygen atoms in total. The normalized spacial score (nSPS) is 9.69. The standard InChI is InChI=1S/C9H7N3S/c1-3-4-7-9-8(11-13-12-9)6(2)5-10-7/h5H,1-2H3. The fraction of sp³-hybridized carbons (Fsp3) is 0.222. The fourth-order valence-electron chi connectivity index (χ4n) is 1.10. The molecule has 2 aromatic rings. The van der Waals surface area contributed by atoms with Gasteiger partial charge in [0.2, 0.25) is 0 Å². The largest absolute Gasteiger partial charge is 0.245 e. The van der Waals surface area contributed by atoms with Gasteiger partial charge in [-0.25, -0.2) is 4.98 Å². The molecule has 0 radical (unpaired) electrons. The van der Waals surface area contributed by atoms with Crippen LogP contribution in [0.1, 0.15) is 18.2 Å². The zero-order valence-corrected chi connectivity index (χ0v) is 8.14. The Morgan fingerprint density at radius 2 is 2.08 bits per heavy atom. The van der Waals surface area contributed by atoms with Gasteiger partial charge in [-0.1, -0.05) is 5.92 Å². The van der Waals surface area contributed by atoms with E-state index in [1.165, 1.54) is 11.7 Å². The number of aryl methyl sites for hydroxylation is 1. The second kappa shape index (κ2) is 3.11. The van der Waals surface area contributed by atoms with E-state index in [1.54, 1.807) is 13.1 Å². The molecule has 0 saturated heterocycles. The van der Waals surface area contributed by atoms with E-state index < -0.39 is 0 Å². The van der Waals surface area contributed by atoms with E-state index in [9.17, 15) is 0 Å². The molecule has 0 fully saturated rings. The summed E-state index contributed by atoms with van der Waals surface area (Å²) in [5, 5.41) is 0. The van der Waals surface area contributed by atoms with Crippen molar-refractivity contribution in [1.82, 2.24) is 13.7 Å². The minimum Gasteiger partial charge on any atom is -0.245 e. The molecule has 0 spiro atoms. The molecule has 0 atom stereocenters. The van der Waals surface area contributed by atoms with Gasteiger partial charge in [0.15, 0.2) is 0 Å². The second-order valence-electron chi connectivity index (χ2n) is 2.63. The molecule has 0 bridgehead atoms. The first kappa shape index (κ1) is 8.14. The molecule has 0 unspecified atom stereocenters. The van der Waals surface area contributed by atoms with Crippen LogP contribution in [0.25, 0.3) is 11.0 Å². The van der Waals surface area contributed by atoms with Crippen molar-refractivity contribution in [2.45, 2.75) is 13.8 Å². The Labute approximate surface area is 80.2 Å². The first-order valence-electron chi connectivity index (χ1n) is 3.83. The molecular formula is C9H7N3S. The van der Waals surface area contributed by atoms with Crippen molar-refractivity contribution in [3.05, 3.63) is 17.5 Å². The third-order valence-corrected chi connectivity index (χ3v) is 2.25. The fourth-order valence-corrected chi connectivity index (χ4v) is 1.70. The van der Waals surface area contributed by atoms with Gasteiger partial charge in [0.05, 0.1) is 11.7 Å². The van der Waals surface area contributed by atoms with E-state index in [0.717, 1.165) is 22.3 Å². The lowest BCUT2D eigenvalue weighted by Crippen LogP contribution is -1.87. The molecule has 0 aliphatic rings. The highest BCUT2D eigenvalue weighted by molar-refractivity contribution is 7.00. The summed E-state index contributed by atoms with van der Waals surface area (Å²) in [7, 11) is 0. The van der Waals surface area contributed by atoms with Crippen LogP contribution < -0.4 is 0 Å². The molecule has 0 amide bonds. The minimum atomic E-state index is 0.719. The maximum absolute atomic E-state index is 4.20. The minimum absolute atomic E-state index is 0.719. The number of rotatable bonds is 0. The molecule has 0 saturated carbocycles. The molecule has 4 heteroatoms. The molecular weight excluding hydrogens is 182 g/mol. The topological polar surface area (TPSA) is 38.7 Å². The van der Waals surface area contributed by atoms with Gasteiger partial charge in [0.1, 0.15) is 16.7 Å². The van der Waals surface area contributed by atoms with E-state index in [1.807, 2.05) is 6.92 Å². The average Bonchev–Trinajstić information content (AvgIpc) is 2.59. The highest BCUT2D eigenvalue weighted by atomic mass is 32.1. The Kier molecular flexibility index (Phi) is 1.95. The van der Waals surface area contributed by atoms with Gasteiger partial charge in [0.25, 0.3) is 0 Å². The van der Waals surface area contributed by atoms with Crippen LogP contribution in [0.4, 0.5) is 0 Å². The molecule has 0 aromatic carbocycles. The number of fused-ring (bicyclic) bond motifs is 1. The van der Waals surface area contributed by atoms with Crippen LogP contribution in [0.5, 0.6) is 0 Å². The molecule has 0 aliphatic heterocycles. The van der Waals surface area contributed by atoms with Gasteiger partial charge < -0.3 is 0 Å². The zero-order valence-electron chi connectivity index (χ0n) is 7.33. The summed E-state index contributed by atoms with van der Waals surface area (Å²) in [5.41, 5.74) is 3.50. The molecule has 64 valence electrons. The van der Waals surface area contributed by atoms with Gasteiger partial charge in [-0.15, -0.1) is 0 Å². The summed E-state index contributed by atoms with van der Waals surface area (Å²) in [6.07, 6.45) is 1.78. The zero-order chi connectivity index (χ0) is 9.26. The van der Waals surface area contributed by atoms with Crippen LogP contribution >= 0.6 is 11.7 Å². The Morgan fingerprint density at radius 3 is 2.85 bits per heavy atom. The SMILES string of the molecule is CC#Cc1ncc(C)c2nsnc12. The van der Waals surface area contributed by atoms with Crippen LogP contribution in [0.15, 0.2) is 6.20 Å². The Morgan fingerprint density at radius 1 is 1.31 bits per heavy atom. The Bertz CT molecular complexity index is 504. The summed E-state index contributed by atoms with van der Waals surface area (Å²) >= 11 is 1.20. The van der Waals surface area contributed by atoms with Crippen LogP contribution in [0.3, 0.4) is 0 Å². The number of hydrogen-bond donors (Lipinski definition) is 0. The van der Waals surface area contributed by atoms with Crippen LogP contribution in [0.2, 0.25) is 0 Å². The van der Waals surface area contributed by atoms with Crippen molar-refractivity contribution in [2.75, 3.05) is 0 Å². The van der Waals surface area contributed by atoms with Gasteiger partial charge in [0, 0.05) is 6.20 Å². The van der Waals surface area contributed by atoms with Crippen LogP contribution in [-0.2, 0) is 0 Å². The molecule has 2 heterocycles. The van der Waals surface area contributed by atoms with Crippen molar-refractivity contribution in [2.24, 2.45) is 0 Å². The van der Waals surface area contributed by atoms with E-state index in [4.69, 9.17) is 0 Å². The molecule has 0 N–H and O–H groups in total. The summed E-state index contributed by atoms with van der Waals surface area (Å²) in [4.78, 5) is 4.20. The first-order chi connectivity index (χ1) is 6.33. The maximum Gasteiger partial charge on any atom is 0.142 e. The van der Waals surface area contributed by atoms with E-state index in [-0.39, 0.29) is 0 Å². The molecule has 2 rings (SSSR count). The number of nitrogens with zero attached hydrogens (tertiary/aromatic N) is 3. The van der Waals surface area contributed by atoms with Crippen molar-refractivity contribution < 1.29 is 0 Å². The average molecular weight is 189 g/mol. The predicted octanol–water partition coefficient (Wildman–Crippen LogP) is 1.77. The van der Waals surface area contributed by atoms with Crippen molar-refractivity contribution >= 4 is 22.8 Å². The molecule has 0 aliphatic carbocycles. The monoisotopic (exact) mass is 189 g/mol. The lowest BCUT2D eigenvalue weighted by Gasteiger charge is -1.93. The summed E-state index contributed by atoms with van der Waals surface area (Å²) < 4.78 is 8.35. The molecule has 2 aromatic heterocycles. The van der Waals surface area contributed by atoms with Crippen LogP contribution in [-0.4, -0.2) is 13.7 Å². The van der Waals surface area contributed by atoms with Crippen molar-refractivity contribution in [1.29, 1.82) is 0 Å². The van der Waals surface area contributed by atoms with Gasteiger partial charge in [-0.3, -0.25) is 0 Å². The number of pyridine rings is 1. The Balaban J connectivity index is 2.83. The van der Waals surface area contributed by atoms with Crippen molar-refractivity contribution in [3.63, 3.8) is 0 Å². The van der Waals surface area contributed by atoms with E-state index >= 15 is 0 Å². The third kappa shape index (κ3) is 1.27. The lowest BCUT2D eigenvalue weighted by molar-refractivity contribution is 1.26. The highest BCUT2D eigenvalue weighted by Crippen LogP contribution is 2.17. The number of hydrogen-bond acceptors (Lipinski definition) is 4. The van der Waals surface area contributed by atoms with E-state index in [2.05, 4.69) is 25.6 Å². The Hall–Kier alpha value is -1.47. The quantitative estimate of drug-likeness (QED) is 0.593. The van der Waals surface area contributed by atoms with Crippen LogP contribution in [0, 0.1) is 18.8 Å². The van der Waals surface area contributed by atoms with E-state index in [0.29, 0.717) is 0 Å². The summed E-state index contributed by atoms with van der Waals surface area (Å²) in [6.45, 7) is 3.76. The lowest BCUT2D eigenvalue weighted by atomic mass is 10.2. The van der Waals surface area contributed by atoms with Gasteiger partial charge >= 0.3 is 0 Å². The maximum atomic E-state index is 4.20. The third-order valence-electron chi connectivity index (χ3n) is 1.72. The first-order valence-corrected chi connectivity index (χ1v) is 4.56. The molecule has 13 heavy (non-hydrogen) atoms. The van der Waals surface area contributed by atoms with Gasteiger partial charge in [-0.05, 0) is 25.3 Å². The summed E-state index contributed by atoms with van der Waals surface area (Å²) in [5.74, 6) is 5.72.